The SMILES string of the molecule is NCC1(NS(=O)(=O)CC2CCCO2)CCC1. The van der Waals surface area contributed by atoms with Gasteiger partial charge in [-0.25, -0.2) is 13.1 Å². The summed E-state index contributed by atoms with van der Waals surface area (Å²) in [6.45, 7) is 1.07. The quantitative estimate of drug-likeness (QED) is 0.715. The lowest BCUT2D eigenvalue weighted by Crippen LogP contribution is -2.59. The van der Waals surface area contributed by atoms with E-state index in [1.165, 1.54) is 0 Å². The second-order valence-corrected chi connectivity index (χ2v) is 6.62. The fourth-order valence-corrected chi connectivity index (χ4v) is 4.13. The van der Waals surface area contributed by atoms with Crippen molar-refractivity contribution >= 4 is 10.0 Å². The van der Waals surface area contributed by atoms with Crippen molar-refractivity contribution in [3.05, 3.63) is 0 Å². The van der Waals surface area contributed by atoms with Crippen molar-refractivity contribution in [1.29, 1.82) is 0 Å². The molecule has 0 spiro atoms. The molecule has 6 heteroatoms. The second-order valence-electron chi connectivity index (χ2n) is 4.86. The predicted molar refractivity (Wildman–Crippen MR) is 61.5 cm³/mol. The van der Waals surface area contributed by atoms with Gasteiger partial charge in [0.1, 0.15) is 0 Å². The Bertz CT molecular complexity index is 326. The third kappa shape index (κ3) is 2.74. The van der Waals surface area contributed by atoms with Crippen molar-refractivity contribution < 1.29 is 13.2 Å². The zero-order chi connectivity index (χ0) is 11.6. The lowest BCUT2D eigenvalue weighted by Gasteiger charge is -2.41. The molecule has 2 rings (SSSR count). The van der Waals surface area contributed by atoms with Crippen molar-refractivity contribution in [3.63, 3.8) is 0 Å². The largest absolute Gasteiger partial charge is 0.377 e. The topological polar surface area (TPSA) is 81.4 Å². The van der Waals surface area contributed by atoms with Crippen LogP contribution in [-0.4, -0.2) is 39.0 Å². The molecular formula is C10H20N2O3S. The van der Waals surface area contributed by atoms with E-state index in [0.717, 1.165) is 32.1 Å². The molecule has 3 N–H and O–H groups in total. The molecule has 1 heterocycles. The van der Waals surface area contributed by atoms with E-state index in [-0.39, 0.29) is 17.4 Å². The first-order valence-corrected chi connectivity index (χ1v) is 7.54. The maximum Gasteiger partial charge on any atom is 0.214 e. The zero-order valence-corrected chi connectivity index (χ0v) is 10.3. The second kappa shape index (κ2) is 4.60. The monoisotopic (exact) mass is 248 g/mol. The van der Waals surface area contributed by atoms with Gasteiger partial charge in [0.05, 0.1) is 11.9 Å². The van der Waals surface area contributed by atoms with Gasteiger partial charge in [-0.3, -0.25) is 0 Å². The number of rotatable bonds is 5. The molecule has 94 valence electrons. The van der Waals surface area contributed by atoms with Crippen LogP contribution in [0, 0.1) is 0 Å². The van der Waals surface area contributed by atoms with Gasteiger partial charge in [-0.2, -0.15) is 0 Å². The van der Waals surface area contributed by atoms with Gasteiger partial charge in [-0.15, -0.1) is 0 Å². The highest BCUT2D eigenvalue weighted by atomic mass is 32.2. The average Bonchev–Trinajstić information content (AvgIpc) is 2.63. The van der Waals surface area contributed by atoms with Gasteiger partial charge in [-0.05, 0) is 32.1 Å². The first-order chi connectivity index (χ1) is 7.55. The van der Waals surface area contributed by atoms with Crippen molar-refractivity contribution in [2.75, 3.05) is 18.9 Å². The number of sulfonamides is 1. The van der Waals surface area contributed by atoms with Crippen molar-refractivity contribution in [2.24, 2.45) is 5.73 Å². The zero-order valence-electron chi connectivity index (χ0n) is 9.44. The number of ether oxygens (including phenoxy) is 1. The summed E-state index contributed by atoms with van der Waals surface area (Å²) >= 11 is 0. The summed E-state index contributed by atoms with van der Waals surface area (Å²) < 4.78 is 31.9. The molecule has 2 aliphatic rings. The number of hydrogen-bond acceptors (Lipinski definition) is 4. The Kier molecular flexibility index (Phi) is 3.53. The molecule has 5 nitrogen and oxygen atoms in total. The highest BCUT2D eigenvalue weighted by Crippen LogP contribution is 2.31. The molecule has 0 aromatic rings. The summed E-state index contributed by atoms with van der Waals surface area (Å²) in [6.07, 6.45) is 4.44. The third-order valence-corrected chi connectivity index (χ3v) is 5.06. The maximum atomic E-state index is 11.9. The van der Waals surface area contributed by atoms with Crippen LogP contribution in [0.25, 0.3) is 0 Å². The van der Waals surface area contributed by atoms with Gasteiger partial charge >= 0.3 is 0 Å². The standard InChI is InChI=1S/C10H20N2O3S/c11-8-10(4-2-5-10)12-16(13,14)7-9-3-1-6-15-9/h9,12H,1-8,11H2. The minimum Gasteiger partial charge on any atom is -0.377 e. The van der Waals surface area contributed by atoms with E-state index in [1.807, 2.05) is 0 Å². The van der Waals surface area contributed by atoms with E-state index in [1.54, 1.807) is 0 Å². The summed E-state index contributed by atoms with van der Waals surface area (Å²) in [7, 11) is -3.25. The van der Waals surface area contributed by atoms with Gasteiger partial charge in [0.2, 0.25) is 10.0 Å². The van der Waals surface area contributed by atoms with Crippen molar-refractivity contribution in [3.8, 4) is 0 Å². The van der Waals surface area contributed by atoms with E-state index in [2.05, 4.69) is 4.72 Å². The molecule has 0 amide bonds. The van der Waals surface area contributed by atoms with Gasteiger partial charge in [0, 0.05) is 18.7 Å². The van der Waals surface area contributed by atoms with Gasteiger partial charge < -0.3 is 10.5 Å². The van der Waals surface area contributed by atoms with Crippen LogP contribution in [0.3, 0.4) is 0 Å². The summed E-state index contributed by atoms with van der Waals surface area (Å²) in [5.41, 5.74) is 5.26. The summed E-state index contributed by atoms with van der Waals surface area (Å²) in [5.74, 6) is 0.0781. The first kappa shape index (κ1) is 12.3. The fraction of sp³-hybridized carbons (Fsp3) is 1.00. The van der Waals surface area contributed by atoms with E-state index in [4.69, 9.17) is 10.5 Å². The molecule has 2 fully saturated rings. The summed E-state index contributed by atoms with van der Waals surface area (Å²) in [5, 5.41) is 0. The summed E-state index contributed by atoms with van der Waals surface area (Å²) in [4.78, 5) is 0. The lowest BCUT2D eigenvalue weighted by atomic mass is 9.78. The highest BCUT2D eigenvalue weighted by molar-refractivity contribution is 7.89. The van der Waals surface area contributed by atoms with E-state index in [9.17, 15) is 8.42 Å². The molecule has 1 aliphatic heterocycles. The lowest BCUT2D eigenvalue weighted by molar-refractivity contribution is 0.126. The van der Waals surface area contributed by atoms with E-state index in [0.29, 0.717) is 13.2 Å². The van der Waals surface area contributed by atoms with Crippen LogP contribution in [0.15, 0.2) is 0 Å². The molecule has 0 aromatic carbocycles. The van der Waals surface area contributed by atoms with Crippen LogP contribution in [-0.2, 0) is 14.8 Å². The van der Waals surface area contributed by atoms with Crippen LogP contribution >= 0.6 is 0 Å². The number of hydrogen-bond donors (Lipinski definition) is 2. The Morgan fingerprint density at radius 2 is 2.12 bits per heavy atom. The van der Waals surface area contributed by atoms with E-state index >= 15 is 0 Å². The molecular weight excluding hydrogens is 228 g/mol. The average molecular weight is 248 g/mol. The third-order valence-electron chi connectivity index (χ3n) is 3.50. The van der Waals surface area contributed by atoms with Crippen LogP contribution in [0.4, 0.5) is 0 Å². The molecule has 16 heavy (non-hydrogen) atoms. The molecule has 1 aliphatic carbocycles. The Morgan fingerprint density at radius 3 is 2.56 bits per heavy atom. The van der Waals surface area contributed by atoms with Crippen LogP contribution < -0.4 is 10.5 Å². The number of nitrogens with one attached hydrogen (secondary N) is 1. The van der Waals surface area contributed by atoms with Crippen molar-refractivity contribution in [2.45, 2.75) is 43.7 Å². The molecule has 1 atom stereocenters. The Morgan fingerprint density at radius 1 is 1.38 bits per heavy atom. The molecule has 0 radical (unpaired) electrons. The highest BCUT2D eigenvalue weighted by Gasteiger charge is 2.39. The fourth-order valence-electron chi connectivity index (χ4n) is 2.34. The van der Waals surface area contributed by atoms with Crippen molar-refractivity contribution in [1.82, 2.24) is 4.72 Å². The first-order valence-electron chi connectivity index (χ1n) is 5.89. The smallest absolute Gasteiger partial charge is 0.214 e. The predicted octanol–water partition coefficient (Wildman–Crippen LogP) is -0.0338. The minimum atomic E-state index is -3.25. The molecule has 1 saturated carbocycles. The minimum absolute atomic E-state index is 0.0781. The summed E-state index contributed by atoms with van der Waals surface area (Å²) in [6, 6.07) is 0. The maximum absolute atomic E-state index is 11.9. The van der Waals surface area contributed by atoms with Crippen LogP contribution in [0.2, 0.25) is 0 Å². The Hall–Kier alpha value is -0.170. The number of nitrogens with two attached hydrogens (primary N) is 1. The van der Waals surface area contributed by atoms with Gasteiger partial charge in [0.25, 0.3) is 0 Å². The van der Waals surface area contributed by atoms with Gasteiger partial charge in [-0.1, -0.05) is 0 Å². The van der Waals surface area contributed by atoms with Gasteiger partial charge in [0.15, 0.2) is 0 Å². The Balaban J connectivity index is 1.91. The van der Waals surface area contributed by atoms with E-state index < -0.39 is 10.0 Å². The molecule has 1 saturated heterocycles. The normalized spacial score (nSPS) is 28.9. The molecule has 1 unspecified atom stereocenters. The Labute approximate surface area is 96.8 Å². The van der Waals surface area contributed by atoms with Crippen LogP contribution in [0.1, 0.15) is 32.1 Å². The molecule has 0 bridgehead atoms. The molecule has 0 aromatic heterocycles. The van der Waals surface area contributed by atoms with Crippen LogP contribution in [0.5, 0.6) is 0 Å².